The summed E-state index contributed by atoms with van der Waals surface area (Å²) >= 11 is 0. The van der Waals surface area contributed by atoms with Gasteiger partial charge < -0.3 is 10.1 Å². The van der Waals surface area contributed by atoms with Crippen molar-refractivity contribution >= 4 is 17.9 Å². The van der Waals surface area contributed by atoms with E-state index < -0.39 is 12.1 Å². The number of alkyl carbamates (subject to hydrolysis) is 1. The van der Waals surface area contributed by atoms with Crippen LogP contribution in [-0.4, -0.2) is 35.4 Å². The van der Waals surface area contributed by atoms with E-state index >= 15 is 0 Å². The van der Waals surface area contributed by atoms with Crippen molar-refractivity contribution in [2.45, 2.75) is 32.4 Å². The Morgan fingerprint density at radius 3 is 2.71 bits per heavy atom. The molecule has 0 unspecified atom stereocenters. The molecule has 6 heteroatoms. The van der Waals surface area contributed by atoms with Crippen LogP contribution in [0.3, 0.4) is 0 Å². The van der Waals surface area contributed by atoms with Gasteiger partial charge in [-0.15, -0.1) is 0 Å². The highest BCUT2D eigenvalue weighted by molar-refractivity contribution is 6.01. The van der Waals surface area contributed by atoms with Crippen LogP contribution in [0, 0.1) is 0 Å². The molecule has 0 aromatic heterocycles. The Morgan fingerprint density at radius 1 is 1.33 bits per heavy atom. The van der Waals surface area contributed by atoms with Gasteiger partial charge in [0.2, 0.25) is 5.91 Å². The number of carbonyl (C=O) groups excluding carboxylic acids is 3. The number of rotatable bonds is 4. The number of nitrogens with zero attached hydrogens (tertiary/aromatic N) is 1. The Bertz CT molecular complexity index is 530. The van der Waals surface area contributed by atoms with E-state index in [0.717, 1.165) is 10.5 Å². The van der Waals surface area contributed by atoms with Gasteiger partial charge in [0.05, 0.1) is 0 Å². The summed E-state index contributed by atoms with van der Waals surface area (Å²) in [4.78, 5) is 36.4. The molecule has 1 aliphatic heterocycles. The fourth-order valence-corrected chi connectivity index (χ4v) is 2.21. The second-order valence-corrected chi connectivity index (χ2v) is 4.77. The lowest BCUT2D eigenvalue weighted by molar-refractivity contribution is -0.149. The quantitative estimate of drug-likeness (QED) is 0.852. The van der Waals surface area contributed by atoms with Crippen molar-refractivity contribution in [3.05, 3.63) is 35.9 Å². The summed E-state index contributed by atoms with van der Waals surface area (Å²) in [5, 5.41) is 2.52. The van der Waals surface area contributed by atoms with Gasteiger partial charge in [0.25, 0.3) is 5.91 Å². The Kier molecular flexibility index (Phi) is 4.92. The van der Waals surface area contributed by atoms with Gasteiger partial charge in [0, 0.05) is 13.0 Å². The maximum atomic E-state index is 12.0. The first kappa shape index (κ1) is 15.0. The molecule has 3 amide bonds. The third-order valence-electron chi connectivity index (χ3n) is 3.33. The number of ether oxygens (including phenoxy) is 1. The van der Waals surface area contributed by atoms with Gasteiger partial charge in [0.15, 0.2) is 0 Å². The fourth-order valence-electron chi connectivity index (χ4n) is 2.21. The molecular weight excluding hydrogens is 272 g/mol. The molecule has 0 bridgehead atoms. The molecule has 1 atom stereocenters. The van der Waals surface area contributed by atoms with Crippen molar-refractivity contribution in [2.75, 3.05) is 6.54 Å². The van der Waals surface area contributed by atoms with E-state index in [9.17, 15) is 14.4 Å². The monoisotopic (exact) mass is 290 g/mol. The zero-order valence-electron chi connectivity index (χ0n) is 11.9. The molecular formula is C15H18N2O4. The van der Waals surface area contributed by atoms with Crippen LogP contribution in [0.1, 0.15) is 25.3 Å². The van der Waals surface area contributed by atoms with Crippen LogP contribution in [0.5, 0.6) is 0 Å². The first-order valence-corrected chi connectivity index (χ1v) is 6.93. The highest BCUT2D eigenvalue weighted by atomic mass is 16.5. The van der Waals surface area contributed by atoms with E-state index in [1.54, 1.807) is 6.92 Å². The molecule has 1 aliphatic rings. The lowest BCUT2D eigenvalue weighted by atomic mass is 10.0. The average Bonchev–Trinajstić information content (AvgIpc) is 2.50. The van der Waals surface area contributed by atoms with Crippen LogP contribution < -0.4 is 5.32 Å². The normalized spacial score (nSPS) is 18.5. The Labute approximate surface area is 123 Å². The molecule has 2 rings (SSSR count). The zero-order valence-corrected chi connectivity index (χ0v) is 11.9. The van der Waals surface area contributed by atoms with Crippen LogP contribution in [0.25, 0.3) is 0 Å². The highest BCUT2D eigenvalue weighted by Gasteiger charge is 2.34. The molecule has 6 nitrogen and oxygen atoms in total. The highest BCUT2D eigenvalue weighted by Crippen LogP contribution is 2.13. The molecule has 0 saturated carbocycles. The molecule has 21 heavy (non-hydrogen) atoms. The molecule has 1 N–H and O–H groups in total. The van der Waals surface area contributed by atoms with E-state index in [-0.39, 0.29) is 24.8 Å². The minimum Gasteiger partial charge on any atom is -0.445 e. The summed E-state index contributed by atoms with van der Waals surface area (Å²) in [5.41, 5.74) is 0.869. The smallest absolute Gasteiger partial charge is 0.408 e. The molecule has 0 spiro atoms. The lowest BCUT2D eigenvalue weighted by Gasteiger charge is -2.29. The van der Waals surface area contributed by atoms with Crippen LogP contribution in [-0.2, 0) is 20.9 Å². The van der Waals surface area contributed by atoms with Gasteiger partial charge >= 0.3 is 6.09 Å². The van der Waals surface area contributed by atoms with Gasteiger partial charge in [-0.2, -0.15) is 0 Å². The topological polar surface area (TPSA) is 75.7 Å². The number of imide groups is 1. The maximum Gasteiger partial charge on any atom is 0.408 e. The molecule has 1 fully saturated rings. The van der Waals surface area contributed by atoms with E-state index in [1.165, 1.54) is 0 Å². The number of likely N-dealkylation sites (N-methyl/N-ethyl adjacent to an activating group) is 1. The fraction of sp³-hybridized carbons (Fsp3) is 0.400. The number of hydrogen-bond acceptors (Lipinski definition) is 4. The van der Waals surface area contributed by atoms with Gasteiger partial charge in [-0.25, -0.2) is 4.79 Å². The third kappa shape index (κ3) is 3.81. The van der Waals surface area contributed by atoms with Crippen molar-refractivity contribution in [3.8, 4) is 0 Å². The number of benzene rings is 1. The van der Waals surface area contributed by atoms with E-state index in [0.29, 0.717) is 13.0 Å². The lowest BCUT2D eigenvalue weighted by Crippen LogP contribution is -2.54. The third-order valence-corrected chi connectivity index (χ3v) is 3.33. The second-order valence-electron chi connectivity index (χ2n) is 4.77. The van der Waals surface area contributed by atoms with Crippen molar-refractivity contribution in [2.24, 2.45) is 0 Å². The molecule has 0 aliphatic carbocycles. The first-order chi connectivity index (χ1) is 10.1. The number of hydrogen-bond donors (Lipinski definition) is 1. The van der Waals surface area contributed by atoms with Crippen LogP contribution in [0.2, 0.25) is 0 Å². The summed E-state index contributed by atoms with van der Waals surface area (Å²) in [7, 11) is 0. The summed E-state index contributed by atoms with van der Waals surface area (Å²) in [6.07, 6.45) is -0.0831. The van der Waals surface area contributed by atoms with Crippen LogP contribution in [0.15, 0.2) is 30.3 Å². The molecule has 1 saturated heterocycles. The summed E-state index contributed by atoms with van der Waals surface area (Å²) in [5.74, 6) is -0.566. The standard InChI is InChI=1S/C15H18N2O4/c1-2-17-13(18)9-8-12(14(17)19)16-15(20)21-10-11-6-4-3-5-7-11/h3-7,12H,2,8-10H2,1H3,(H,16,20)/t12-/m0/s1. The van der Waals surface area contributed by atoms with E-state index in [2.05, 4.69) is 5.32 Å². The van der Waals surface area contributed by atoms with Crippen molar-refractivity contribution in [3.63, 3.8) is 0 Å². The van der Waals surface area contributed by atoms with Gasteiger partial charge in [-0.1, -0.05) is 30.3 Å². The predicted octanol–water partition coefficient (Wildman–Crippen LogP) is 1.45. The SMILES string of the molecule is CCN1C(=O)CC[C@H](NC(=O)OCc2ccccc2)C1=O. The van der Waals surface area contributed by atoms with Gasteiger partial charge in [0.1, 0.15) is 12.6 Å². The molecule has 1 aromatic carbocycles. The molecule has 1 heterocycles. The minimum atomic E-state index is -0.689. The van der Waals surface area contributed by atoms with Gasteiger partial charge in [-0.3, -0.25) is 14.5 Å². The number of likely N-dealkylation sites (tertiary alicyclic amines) is 1. The number of nitrogens with one attached hydrogen (secondary N) is 1. The number of amides is 3. The second kappa shape index (κ2) is 6.88. The van der Waals surface area contributed by atoms with Gasteiger partial charge in [-0.05, 0) is 18.9 Å². The zero-order chi connectivity index (χ0) is 15.2. The van der Waals surface area contributed by atoms with Crippen molar-refractivity contribution in [1.82, 2.24) is 10.2 Å². The summed E-state index contributed by atoms with van der Waals surface area (Å²) in [6.45, 7) is 2.19. The molecule has 0 radical (unpaired) electrons. The van der Waals surface area contributed by atoms with Crippen LogP contribution in [0.4, 0.5) is 4.79 Å². The molecule has 112 valence electrons. The van der Waals surface area contributed by atoms with Crippen molar-refractivity contribution < 1.29 is 19.1 Å². The minimum absolute atomic E-state index is 0.143. The largest absolute Gasteiger partial charge is 0.445 e. The summed E-state index contributed by atoms with van der Waals surface area (Å²) in [6, 6.07) is 8.58. The Morgan fingerprint density at radius 2 is 2.05 bits per heavy atom. The first-order valence-electron chi connectivity index (χ1n) is 6.93. The number of carbonyl (C=O) groups is 3. The number of piperidine rings is 1. The van der Waals surface area contributed by atoms with E-state index in [1.807, 2.05) is 30.3 Å². The predicted molar refractivity (Wildman–Crippen MR) is 75.2 cm³/mol. The molecule has 1 aromatic rings. The average molecular weight is 290 g/mol. The Hall–Kier alpha value is -2.37. The summed E-state index contributed by atoms with van der Waals surface area (Å²) < 4.78 is 5.07. The maximum absolute atomic E-state index is 12.0. The Balaban J connectivity index is 1.85. The van der Waals surface area contributed by atoms with E-state index in [4.69, 9.17) is 4.74 Å². The van der Waals surface area contributed by atoms with Crippen LogP contribution >= 0.6 is 0 Å². The van der Waals surface area contributed by atoms with Crippen molar-refractivity contribution in [1.29, 1.82) is 0 Å².